The standard InChI is InChI=1S/C24H22O6/c1-27-21-12-18(8-10-19(21)28-15-16-5-3-2-4-6-16)24-23(14-26)29-20-9-7-17(13-25)11-22(20)30-24/h2-13,23-24,26H,14-15H2,1H3/t23-,24-/m1/s1. The van der Waals surface area contributed by atoms with E-state index >= 15 is 0 Å². The maximum atomic E-state index is 11.1. The molecular weight excluding hydrogens is 384 g/mol. The summed E-state index contributed by atoms with van der Waals surface area (Å²) >= 11 is 0. The van der Waals surface area contributed by atoms with Gasteiger partial charge in [0, 0.05) is 11.1 Å². The lowest BCUT2D eigenvalue weighted by Crippen LogP contribution is -2.36. The number of fused-ring (bicyclic) bond motifs is 1. The Hall–Kier alpha value is -3.51. The van der Waals surface area contributed by atoms with E-state index in [-0.39, 0.29) is 6.61 Å². The third kappa shape index (κ3) is 4.09. The zero-order valence-electron chi connectivity index (χ0n) is 16.5. The number of rotatable bonds is 7. The third-order valence-electron chi connectivity index (χ3n) is 4.91. The van der Waals surface area contributed by atoms with Crippen LogP contribution >= 0.6 is 0 Å². The molecule has 3 aromatic rings. The Morgan fingerprint density at radius 2 is 1.80 bits per heavy atom. The lowest BCUT2D eigenvalue weighted by atomic mass is 10.0. The van der Waals surface area contributed by atoms with Crippen molar-refractivity contribution in [3.05, 3.63) is 83.4 Å². The molecular formula is C24H22O6. The predicted molar refractivity (Wildman–Crippen MR) is 110 cm³/mol. The van der Waals surface area contributed by atoms with Gasteiger partial charge in [-0.3, -0.25) is 4.79 Å². The fourth-order valence-electron chi connectivity index (χ4n) is 3.36. The van der Waals surface area contributed by atoms with Crippen LogP contribution in [0.15, 0.2) is 66.7 Å². The van der Waals surface area contributed by atoms with E-state index in [4.69, 9.17) is 18.9 Å². The first-order valence-corrected chi connectivity index (χ1v) is 9.60. The largest absolute Gasteiger partial charge is 0.493 e. The van der Waals surface area contributed by atoms with E-state index < -0.39 is 12.2 Å². The molecule has 30 heavy (non-hydrogen) atoms. The summed E-state index contributed by atoms with van der Waals surface area (Å²) in [6, 6.07) is 20.3. The van der Waals surface area contributed by atoms with Gasteiger partial charge < -0.3 is 24.1 Å². The van der Waals surface area contributed by atoms with Gasteiger partial charge in [-0.2, -0.15) is 0 Å². The van der Waals surface area contributed by atoms with Crippen LogP contribution in [0, 0.1) is 0 Å². The second kappa shape index (κ2) is 8.88. The number of aldehydes is 1. The first kappa shape index (κ1) is 19.8. The van der Waals surface area contributed by atoms with Gasteiger partial charge in [0.05, 0.1) is 13.7 Å². The van der Waals surface area contributed by atoms with Crippen molar-refractivity contribution in [1.29, 1.82) is 0 Å². The van der Waals surface area contributed by atoms with Gasteiger partial charge in [0.15, 0.2) is 35.2 Å². The normalized spacial score (nSPS) is 17.3. The summed E-state index contributed by atoms with van der Waals surface area (Å²) in [5.41, 5.74) is 2.30. The van der Waals surface area contributed by atoms with Crippen LogP contribution in [0.1, 0.15) is 27.6 Å². The molecule has 3 aromatic carbocycles. The summed E-state index contributed by atoms with van der Waals surface area (Å²) < 4.78 is 23.4. The molecule has 0 fully saturated rings. The van der Waals surface area contributed by atoms with Gasteiger partial charge in [-0.15, -0.1) is 0 Å². The van der Waals surface area contributed by atoms with Gasteiger partial charge in [-0.1, -0.05) is 36.4 Å². The topological polar surface area (TPSA) is 74.2 Å². The van der Waals surface area contributed by atoms with Crippen LogP contribution < -0.4 is 18.9 Å². The Balaban J connectivity index is 1.58. The number of carbonyl (C=O) groups excluding carboxylic acids is 1. The zero-order chi connectivity index (χ0) is 20.9. The lowest BCUT2D eigenvalue weighted by Gasteiger charge is -2.33. The second-order valence-corrected chi connectivity index (χ2v) is 6.89. The Kier molecular flexibility index (Phi) is 5.86. The summed E-state index contributed by atoms with van der Waals surface area (Å²) in [6.07, 6.45) is -0.416. The van der Waals surface area contributed by atoms with Gasteiger partial charge in [0.1, 0.15) is 12.9 Å². The zero-order valence-corrected chi connectivity index (χ0v) is 16.5. The molecule has 0 radical (unpaired) electrons. The molecule has 0 bridgehead atoms. The number of benzene rings is 3. The van der Waals surface area contributed by atoms with Crippen molar-refractivity contribution in [3.8, 4) is 23.0 Å². The Morgan fingerprint density at radius 3 is 2.53 bits per heavy atom. The number of aliphatic hydroxyl groups is 1. The molecule has 1 aliphatic heterocycles. The molecule has 1 heterocycles. The average Bonchev–Trinajstić information content (AvgIpc) is 2.82. The minimum atomic E-state index is -0.597. The van der Waals surface area contributed by atoms with Crippen LogP contribution in [0.3, 0.4) is 0 Å². The minimum Gasteiger partial charge on any atom is -0.493 e. The van der Waals surface area contributed by atoms with E-state index in [9.17, 15) is 9.90 Å². The summed E-state index contributed by atoms with van der Waals surface area (Å²) in [7, 11) is 1.57. The average molecular weight is 406 g/mol. The molecule has 0 aromatic heterocycles. The van der Waals surface area contributed by atoms with Crippen molar-refractivity contribution in [1.82, 2.24) is 0 Å². The number of hydrogen-bond acceptors (Lipinski definition) is 6. The molecule has 0 aliphatic carbocycles. The van der Waals surface area contributed by atoms with Gasteiger partial charge in [0.2, 0.25) is 0 Å². The van der Waals surface area contributed by atoms with Gasteiger partial charge >= 0.3 is 0 Å². The maximum absolute atomic E-state index is 11.1. The van der Waals surface area contributed by atoms with Crippen LogP contribution in [0.4, 0.5) is 0 Å². The molecule has 1 aliphatic rings. The highest BCUT2D eigenvalue weighted by molar-refractivity contribution is 5.76. The van der Waals surface area contributed by atoms with E-state index in [2.05, 4.69) is 0 Å². The van der Waals surface area contributed by atoms with Crippen LogP contribution in [0.25, 0.3) is 0 Å². The molecule has 6 nitrogen and oxygen atoms in total. The number of ether oxygens (including phenoxy) is 4. The number of methoxy groups -OCH3 is 1. The van der Waals surface area contributed by atoms with Crippen LogP contribution in [0.5, 0.6) is 23.0 Å². The molecule has 0 saturated heterocycles. The third-order valence-corrected chi connectivity index (χ3v) is 4.91. The maximum Gasteiger partial charge on any atom is 0.163 e. The van der Waals surface area contributed by atoms with Crippen LogP contribution in [-0.4, -0.2) is 31.2 Å². The van der Waals surface area contributed by atoms with E-state index in [1.54, 1.807) is 25.3 Å². The molecule has 1 N–H and O–H groups in total. The fraction of sp³-hybridized carbons (Fsp3) is 0.208. The van der Waals surface area contributed by atoms with Gasteiger partial charge in [0.25, 0.3) is 0 Å². The van der Waals surface area contributed by atoms with Crippen molar-refractivity contribution in [2.75, 3.05) is 13.7 Å². The summed E-state index contributed by atoms with van der Waals surface area (Å²) in [6.45, 7) is 0.189. The highest BCUT2D eigenvalue weighted by atomic mass is 16.6. The van der Waals surface area contributed by atoms with Crippen LogP contribution in [-0.2, 0) is 6.61 Å². The first-order valence-electron chi connectivity index (χ1n) is 9.60. The highest BCUT2D eigenvalue weighted by Crippen LogP contribution is 2.41. The monoisotopic (exact) mass is 406 g/mol. The van der Waals surface area contributed by atoms with Gasteiger partial charge in [-0.05, 0) is 35.9 Å². The molecule has 0 unspecified atom stereocenters. The van der Waals surface area contributed by atoms with Gasteiger partial charge in [-0.25, -0.2) is 0 Å². The number of hydrogen-bond donors (Lipinski definition) is 1. The molecule has 6 heteroatoms. The molecule has 0 spiro atoms. The van der Waals surface area contributed by atoms with E-state index in [1.165, 1.54) is 0 Å². The smallest absolute Gasteiger partial charge is 0.163 e. The van der Waals surface area contributed by atoms with Crippen molar-refractivity contribution >= 4 is 6.29 Å². The van der Waals surface area contributed by atoms with Crippen molar-refractivity contribution in [2.45, 2.75) is 18.8 Å². The molecule has 4 rings (SSSR count). The quantitative estimate of drug-likeness (QED) is 0.599. The predicted octanol–water partition coefficient (Wildman–Crippen LogP) is 3.96. The van der Waals surface area contributed by atoms with Crippen molar-refractivity contribution in [2.24, 2.45) is 0 Å². The second-order valence-electron chi connectivity index (χ2n) is 6.89. The van der Waals surface area contributed by atoms with Crippen LogP contribution in [0.2, 0.25) is 0 Å². The SMILES string of the molecule is COc1cc([C@H]2Oc3cc(C=O)ccc3O[C@@H]2CO)ccc1OCc1ccccc1. The highest BCUT2D eigenvalue weighted by Gasteiger charge is 2.33. The molecule has 0 saturated carbocycles. The van der Waals surface area contributed by atoms with E-state index in [1.807, 2.05) is 48.5 Å². The molecule has 2 atom stereocenters. The first-order chi connectivity index (χ1) is 14.7. The molecule has 0 amide bonds. The molecule has 154 valence electrons. The Bertz CT molecular complexity index is 1020. The van der Waals surface area contributed by atoms with E-state index in [0.717, 1.165) is 17.4 Å². The lowest BCUT2D eigenvalue weighted by molar-refractivity contribution is -0.0124. The van der Waals surface area contributed by atoms with Crippen molar-refractivity contribution < 1.29 is 28.8 Å². The summed E-state index contributed by atoms with van der Waals surface area (Å²) in [4.78, 5) is 11.1. The summed E-state index contributed by atoms with van der Waals surface area (Å²) in [5.74, 6) is 2.10. The van der Waals surface area contributed by atoms with E-state index in [0.29, 0.717) is 35.2 Å². The minimum absolute atomic E-state index is 0.228. The number of aliphatic hydroxyl groups excluding tert-OH is 1. The Morgan fingerprint density at radius 1 is 0.967 bits per heavy atom. The summed E-state index contributed by atoms with van der Waals surface area (Å²) in [5, 5.41) is 9.82. The fourth-order valence-corrected chi connectivity index (χ4v) is 3.36. The Labute approximate surface area is 174 Å². The van der Waals surface area contributed by atoms with Crippen molar-refractivity contribution in [3.63, 3.8) is 0 Å². The number of carbonyl (C=O) groups is 1.